The van der Waals surface area contributed by atoms with E-state index in [1.54, 1.807) is 22.8 Å². The zero-order chi connectivity index (χ0) is 24.2. The fourth-order valence-corrected chi connectivity index (χ4v) is 5.73. The Bertz CT molecular complexity index is 1470. The van der Waals surface area contributed by atoms with Gasteiger partial charge in [0, 0.05) is 5.02 Å². The molecule has 8 nitrogen and oxygen atoms in total. The molecule has 3 heterocycles. The molecule has 2 amide bonds. The molecule has 3 aromatic heterocycles. The molecule has 0 unspecified atom stereocenters. The number of anilines is 1. The van der Waals surface area contributed by atoms with Gasteiger partial charge in [0.25, 0.3) is 5.91 Å². The number of thiophene rings is 1. The van der Waals surface area contributed by atoms with Gasteiger partial charge >= 0.3 is 0 Å². The second kappa shape index (κ2) is 10.6. The SMILES string of the molecule is O=C(CSc1nnc(CNC(=O)c2cccs2)n1-c1cccc(Cl)c1)Nc1nc2ccccc2s1. The third-order valence-electron chi connectivity index (χ3n) is 4.79. The van der Waals surface area contributed by atoms with Gasteiger partial charge < -0.3 is 10.6 Å². The van der Waals surface area contributed by atoms with Gasteiger partial charge in [0.1, 0.15) is 0 Å². The second-order valence-corrected chi connectivity index (χ2v) is 10.6. The molecule has 5 rings (SSSR count). The Morgan fingerprint density at radius 1 is 1.06 bits per heavy atom. The molecule has 2 aromatic carbocycles. The van der Waals surface area contributed by atoms with Gasteiger partial charge in [0.2, 0.25) is 5.91 Å². The molecule has 0 bridgehead atoms. The highest BCUT2D eigenvalue weighted by molar-refractivity contribution is 7.99. The standard InChI is InChI=1S/C23H17ClN6O2S3/c24-14-5-3-6-15(11-14)30-19(12-25-21(32)18-9-4-10-33-18)28-29-23(30)34-13-20(31)27-22-26-16-7-1-2-8-17(16)35-22/h1-11H,12-13H2,(H,25,32)(H,26,27,31). The van der Waals surface area contributed by atoms with Crippen molar-refractivity contribution in [1.82, 2.24) is 25.1 Å². The summed E-state index contributed by atoms with van der Waals surface area (Å²) in [5.74, 6) is 0.231. The van der Waals surface area contributed by atoms with Crippen LogP contribution in [0.3, 0.4) is 0 Å². The first-order valence-corrected chi connectivity index (χ1v) is 13.4. The average Bonchev–Trinajstić information content (AvgIpc) is 3.60. The normalized spacial score (nSPS) is 11.0. The highest BCUT2D eigenvalue weighted by Gasteiger charge is 2.18. The van der Waals surface area contributed by atoms with E-state index >= 15 is 0 Å². The lowest BCUT2D eigenvalue weighted by Crippen LogP contribution is -2.24. The maximum atomic E-state index is 12.6. The minimum Gasteiger partial charge on any atom is -0.344 e. The summed E-state index contributed by atoms with van der Waals surface area (Å²) in [6.07, 6.45) is 0. The van der Waals surface area contributed by atoms with E-state index in [2.05, 4.69) is 25.8 Å². The highest BCUT2D eigenvalue weighted by atomic mass is 35.5. The Morgan fingerprint density at radius 2 is 1.94 bits per heavy atom. The van der Waals surface area contributed by atoms with Crippen LogP contribution < -0.4 is 10.6 Å². The summed E-state index contributed by atoms with van der Waals surface area (Å²) < 4.78 is 2.79. The number of fused-ring (bicyclic) bond motifs is 1. The summed E-state index contributed by atoms with van der Waals surface area (Å²) >= 11 is 10.2. The molecule has 0 aliphatic carbocycles. The van der Waals surface area contributed by atoms with Crippen molar-refractivity contribution in [3.63, 3.8) is 0 Å². The van der Waals surface area contributed by atoms with Crippen LogP contribution in [0.4, 0.5) is 5.13 Å². The largest absolute Gasteiger partial charge is 0.344 e. The molecule has 2 N–H and O–H groups in total. The zero-order valence-corrected chi connectivity index (χ0v) is 21.2. The van der Waals surface area contributed by atoms with E-state index in [4.69, 9.17) is 11.6 Å². The first-order chi connectivity index (χ1) is 17.1. The number of hydrogen-bond acceptors (Lipinski definition) is 8. The molecule has 0 fully saturated rings. The number of thiazole rings is 1. The van der Waals surface area contributed by atoms with Gasteiger partial charge in [0.05, 0.1) is 33.1 Å². The van der Waals surface area contributed by atoms with Crippen LogP contribution in [-0.4, -0.2) is 37.3 Å². The quantitative estimate of drug-likeness (QED) is 0.261. The lowest BCUT2D eigenvalue weighted by molar-refractivity contribution is -0.113. The van der Waals surface area contributed by atoms with Crippen molar-refractivity contribution in [2.45, 2.75) is 11.7 Å². The average molecular weight is 541 g/mol. The van der Waals surface area contributed by atoms with E-state index in [-0.39, 0.29) is 24.1 Å². The number of hydrogen-bond donors (Lipinski definition) is 2. The minimum absolute atomic E-state index is 0.107. The number of nitrogens with one attached hydrogen (secondary N) is 2. The Balaban J connectivity index is 1.31. The third kappa shape index (κ3) is 5.54. The van der Waals surface area contributed by atoms with Crippen molar-refractivity contribution in [2.24, 2.45) is 0 Å². The molecule has 12 heteroatoms. The van der Waals surface area contributed by atoms with E-state index in [1.165, 1.54) is 34.4 Å². The van der Waals surface area contributed by atoms with Crippen molar-refractivity contribution in [3.05, 3.63) is 81.8 Å². The molecule has 0 saturated carbocycles. The van der Waals surface area contributed by atoms with Gasteiger partial charge in [-0.2, -0.15) is 0 Å². The molecular formula is C23H17ClN6O2S3. The van der Waals surface area contributed by atoms with Crippen molar-refractivity contribution in [2.75, 3.05) is 11.1 Å². The van der Waals surface area contributed by atoms with E-state index in [9.17, 15) is 9.59 Å². The van der Waals surface area contributed by atoms with Crippen LogP contribution in [0, 0.1) is 0 Å². The molecule has 0 spiro atoms. The molecule has 0 atom stereocenters. The Morgan fingerprint density at radius 3 is 2.74 bits per heavy atom. The molecule has 0 saturated heterocycles. The van der Waals surface area contributed by atoms with E-state index in [0.717, 1.165) is 15.9 Å². The summed E-state index contributed by atoms with van der Waals surface area (Å²) in [6, 6.07) is 18.5. The maximum Gasteiger partial charge on any atom is 0.261 e. The first kappa shape index (κ1) is 23.5. The van der Waals surface area contributed by atoms with Crippen LogP contribution in [0.5, 0.6) is 0 Å². The minimum atomic E-state index is -0.206. The first-order valence-electron chi connectivity index (χ1n) is 10.4. The van der Waals surface area contributed by atoms with E-state index in [0.29, 0.717) is 26.0 Å². The third-order valence-corrected chi connectivity index (χ3v) is 7.78. The monoisotopic (exact) mass is 540 g/mol. The number of rotatable bonds is 8. The number of thioether (sulfide) groups is 1. The number of aromatic nitrogens is 4. The smallest absolute Gasteiger partial charge is 0.261 e. The second-order valence-electron chi connectivity index (χ2n) is 7.20. The predicted molar refractivity (Wildman–Crippen MR) is 141 cm³/mol. The fourth-order valence-electron chi connectivity index (χ4n) is 3.25. The van der Waals surface area contributed by atoms with Crippen LogP contribution >= 0.6 is 46.0 Å². The topological polar surface area (TPSA) is 102 Å². The van der Waals surface area contributed by atoms with Crippen LogP contribution in [0.25, 0.3) is 15.9 Å². The number of nitrogens with zero attached hydrogens (tertiary/aromatic N) is 4. The van der Waals surface area contributed by atoms with Crippen molar-refractivity contribution < 1.29 is 9.59 Å². The number of halogens is 1. The van der Waals surface area contributed by atoms with Crippen molar-refractivity contribution >= 4 is 73.2 Å². The number of para-hydroxylation sites is 1. The molecule has 0 aliphatic heterocycles. The number of carbonyl (C=O) groups excluding carboxylic acids is 2. The van der Waals surface area contributed by atoms with Gasteiger partial charge in [-0.1, -0.05) is 59.0 Å². The van der Waals surface area contributed by atoms with Crippen LogP contribution in [0.15, 0.2) is 71.2 Å². The zero-order valence-electron chi connectivity index (χ0n) is 18.0. The summed E-state index contributed by atoms with van der Waals surface area (Å²) in [5, 5.41) is 17.7. The Labute approximate surface area is 217 Å². The Kier molecular flexibility index (Phi) is 7.09. The molecule has 176 valence electrons. The van der Waals surface area contributed by atoms with Crippen LogP contribution in [0.1, 0.15) is 15.5 Å². The Hall–Kier alpha value is -3.25. The summed E-state index contributed by atoms with van der Waals surface area (Å²) in [7, 11) is 0. The highest BCUT2D eigenvalue weighted by Crippen LogP contribution is 2.27. The van der Waals surface area contributed by atoms with Gasteiger partial charge in [-0.25, -0.2) is 4.98 Å². The summed E-state index contributed by atoms with van der Waals surface area (Å²) in [6.45, 7) is 0.161. The van der Waals surface area contributed by atoms with Crippen LogP contribution in [0.2, 0.25) is 5.02 Å². The fraction of sp³-hybridized carbons (Fsp3) is 0.0870. The van der Waals surface area contributed by atoms with Crippen molar-refractivity contribution in [1.29, 1.82) is 0 Å². The number of carbonyl (C=O) groups is 2. The maximum absolute atomic E-state index is 12.6. The van der Waals surface area contributed by atoms with Gasteiger partial charge in [0.15, 0.2) is 16.1 Å². The number of amides is 2. The molecule has 35 heavy (non-hydrogen) atoms. The van der Waals surface area contributed by atoms with Gasteiger partial charge in [-0.05, 0) is 41.8 Å². The molecule has 0 aliphatic rings. The molecular weight excluding hydrogens is 524 g/mol. The predicted octanol–water partition coefficient (Wildman–Crippen LogP) is 5.25. The van der Waals surface area contributed by atoms with Crippen molar-refractivity contribution in [3.8, 4) is 5.69 Å². The van der Waals surface area contributed by atoms with Crippen LogP contribution in [-0.2, 0) is 11.3 Å². The van der Waals surface area contributed by atoms with Gasteiger partial charge in [-0.3, -0.25) is 14.2 Å². The van der Waals surface area contributed by atoms with E-state index < -0.39 is 0 Å². The molecule has 5 aromatic rings. The van der Waals surface area contributed by atoms with Gasteiger partial charge in [-0.15, -0.1) is 21.5 Å². The lowest BCUT2D eigenvalue weighted by Gasteiger charge is -2.11. The lowest BCUT2D eigenvalue weighted by atomic mass is 10.3. The molecule has 0 radical (unpaired) electrons. The summed E-state index contributed by atoms with van der Waals surface area (Å²) in [4.78, 5) is 30.1. The number of benzene rings is 2. The van der Waals surface area contributed by atoms with E-state index in [1.807, 2.05) is 47.8 Å². The summed E-state index contributed by atoms with van der Waals surface area (Å²) in [5.41, 5.74) is 1.58.